The van der Waals surface area contributed by atoms with E-state index in [1.54, 1.807) is 11.3 Å². The first-order valence-electron chi connectivity index (χ1n) is 7.52. The van der Waals surface area contributed by atoms with Crippen molar-refractivity contribution >= 4 is 11.3 Å². The summed E-state index contributed by atoms with van der Waals surface area (Å²) in [6, 6.07) is 0.131. The Morgan fingerprint density at radius 3 is 2.62 bits per heavy atom. The maximum absolute atomic E-state index is 4.70. The number of aryl methyl sites for hydroxylation is 2. The van der Waals surface area contributed by atoms with E-state index >= 15 is 0 Å². The molecule has 116 valence electrons. The Morgan fingerprint density at radius 1 is 1.38 bits per heavy atom. The third-order valence-corrected chi connectivity index (χ3v) is 4.39. The smallest absolute Gasteiger partial charge is 0.115 e. The summed E-state index contributed by atoms with van der Waals surface area (Å²) in [4.78, 5) is 4.69. The average Bonchev–Trinajstić information content (AvgIpc) is 2.96. The van der Waals surface area contributed by atoms with E-state index in [-0.39, 0.29) is 11.5 Å². The van der Waals surface area contributed by atoms with Crippen molar-refractivity contribution in [1.29, 1.82) is 0 Å². The highest BCUT2D eigenvalue weighted by molar-refractivity contribution is 7.09. The SMILES string of the molecule is CCCNC(c1nc(C)cs1)c1cn(C)nc1C(C)(C)C. The van der Waals surface area contributed by atoms with Gasteiger partial charge >= 0.3 is 0 Å². The van der Waals surface area contributed by atoms with Gasteiger partial charge in [-0.15, -0.1) is 11.3 Å². The quantitative estimate of drug-likeness (QED) is 0.918. The van der Waals surface area contributed by atoms with Gasteiger partial charge < -0.3 is 5.32 Å². The van der Waals surface area contributed by atoms with Gasteiger partial charge in [0.1, 0.15) is 5.01 Å². The van der Waals surface area contributed by atoms with Crippen LogP contribution in [0.1, 0.15) is 62.1 Å². The first kappa shape index (κ1) is 16.2. The van der Waals surface area contributed by atoms with Crippen LogP contribution >= 0.6 is 11.3 Å². The number of rotatable bonds is 5. The Balaban J connectivity index is 2.46. The second-order valence-corrected chi connectivity index (χ2v) is 7.46. The monoisotopic (exact) mass is 306 g/mol. The summed E-state index contributed by atoms with van der Waals surface area (Å²) in [5.41, 5.74) is 3.49. The van der Waals surface area contributed by atoms with Crippen molar-refractivity contribution in [3.8, 4) is 0 Å². The zero-order valence-electron chi connectivity index (χ0n) is 13.9. The summed E-state index contributed by atoms with van der Waals surface area (Å²) in [5, 5.41) is 11.6. The molecule has 0 saturated carbocycles. The van der Waals surface area contributed by atoms with Crippen molar-refractivity contribution in [1.82, 2.24) is 20.1 Å². The fourth-order valence-electron chi connectivity index (χ4n) is 2.42. The molecule has 0 aliphatic carbocycles. The molecule has 0 aliphatic heterocycles. The van der Waals surface area contributed by atoms with Gasteiger partial charge in [0.05, 0.1) is 11.7 Å². The van der Waals surface area contributed by atoms with Crippen LogP contribution in [0.3, 0.4) is 0 Å². The second-order valence-electron chi connectivity index (χ2n) is 6.57. The molecule has 0 radical (unpaired) electrons. The maximum atomic E-state index is 4.70. The molecule has 0 fully saturated rings. The fourth-order valence-corrected chi connectivity index (χ4v) is 3.31. The minimum absolute atomic E-state index is 0.0229. The number of aromatic nitrogens is 3. The zero-order valence-corrected chi connectivity index (χ0v) is 14.7. The lowest BCUT2D eigenvalue weighted by Gasteiger charge is -2.22. The molecule has 2 rings (SSSR count). The maximum Gasteiger partial charge on any atom is 0.115 e. The van der Waals surface area contributed by atoms with Gasteiger partial charge in [0.15, 0.2) is 0 Å². The second kappa shape index (κ2) is 6.28. The Labute approximate surface area is 131 Å². The van der Waals surface area contributed by atoms with E-state index in [1.807, 2.05) is 18.7 Å². The summed E-state index contributed by atoms with van der Waals surface area (Å²) >= 11 is 1.72. The van der Waals surface area contributed by atoms with E-state index in [0.29, 0.717) is 0 Å². The Morgan fingerprint density at radius 2 is 2.10 bits per heavy atom. The van der Waals surface area contributed by atoms with Gasteiger partial charge in [0.2, 0.25) is 0 Å². The molecule has 1 unspecified atom stereocenters. The zero-order chi connectivity index (χ0) is 15.6. The Bertz CT molecular complexity index is 592. The van der Waals surface area contributed by atoms with E-state index < -0.39 is 0 Å². The van der Waals surface area contributed by atoms with Crippen LogP contribution in [-0.2, 0) is 12.5 Å². The predicted molar refractivity (Wildman–Crippen MR) is 88.9 cm³/mol. The number of nitrogens with one attached hydrogen (secondary N) is 1. The molecular weight excluding hydrogens is 280 g/mol. The van der Waals surface area contributed by atoms with Crippen LogP contribution in [-0.4, -0.2) is 21.3 Å². The molecule has 21 heavy (non-hydrogen) atoms. The minimum atomic E-state index is 0.0229. The van der Waals surface area contributed by atoms with Gasteiger partial charge in [-0.3, -0.25) is 4.68 Å². The third kappa shape index (κ3) is 3.71. The molecule has 1 N–H and O–H groups in total. The normalized spacial score (nSPS) is 13.6. The highest BCUT2D eigenvalue weighted by Crippen LogP contribution is 2.32. The minimum Gasteiger partial charge on any atom is -0.304 e. The number of nitrogens with zero attached hydrogens (tertiary/aromatic N) is 3. The molecule has 5 heteroatoms. The van der Waals surface area contributed by atoms with Crippen molar-refractivity contribution < 1.29 is 0 Å². The molecule has 0 spiro atoms. The van der Waals surface area contributed by atoms with Crippen LogP contribution in [0.5, 0.6) is 0 Å². The molecule has 4 nitrogen and oxygen atoms in total. The van der Waals surface area contributed by atoms with Gasteiger partial charge in [-0.1, -0.05) is 27.7 Å². The van der Waals surface area contributed by atoms with Gasteiger partial charge in [-0.05, 0) is 19.9 Å². The third-order valence-electron chi connectivity index (χ3n) is 3.36. The number of hydrogen-bond donors (Lipinski definition) is 1. The molecule has 2 heterocycles. The average molecular weight is 306 g/mol. The standard InChI is InChI=1S/C16H26N4S/c1-7-8-17-13(15-18-11(2)10-21-15)12-9-20(6)19-14(12)16(3,4)5/h9-10,13,17H,7-8H2,1-6H3. The van der Waals surface area contributed by atoms with Gasteiger partial charge in [-0.25, -0.2) is 4.98 Å². The molecule has 2 aromatic heterocycles. The fraction of sp³-hybridized carbons (Fsp3) is 0.625. The summed E-state index contributed by atoms with van der Waals surface area (Å²) in [6.07, 6.45) is 3.23. The first-order valence-corrected chi connectivity index (χ1v) is 8.40. The molecule has 0 aliphatic rings. The van der Waals surface area contributed by atoms with Crippen LogP contribution in [0.4, 0.5) is 0 Å². The Kier molecular flexibility index (Phi) is 4.84. The van der Waals surface area contributed by atoms with Crippen molar-refractivity contribution in [3.63, 3.8) is 0 Å². The van der Waals surface area contributed by atoms with Gasteiger partial charge in [0.25, 0.3) is 0 Å². The topological polar surface area (TPSA) is 42.7 Å². The molecule has 0 saturated heterocycles. The van der Waals surface area contributed by atoms with Crippen LogP contribution in [0.15, 0.2) is 11.6 Å². The molecule has 2 aromatic rings. The first-order chi connectivity index (χ1) is 9.82. The van der Waals surface area contributed by atoms with E-state index in [4.69, 9.17) is 10.1 Å². The van der Waals surface area contributed by atoms with Crippen LogP contribution < -0.4 is 5.32 Å². The Hall–Kier alpha value is -1.20. The molecular formula is C16H26N4S. The summed E-state index contributed by atoms with van der Waals surface area (Å²) in [6.45, 7) is 11.8. The molecule has 0 aromatic carbocycles. The van der Waals surface area contributed by atoms with Gasteiger partial charge in [-0.2, -0.15) is 5.10 Å². The predicted octanol–water partition coefficient (Wildman–Crippen LogP) is 3.57. The summed E-state index contributed by atoms with van der Waals surface area (Å²) < 4.78 is 1.91. The molecule has 0 bridgehead atoms. The lowest BCUT2D eigenvalue weighted by molar-refractivity contribution is 0.530. The van der Waals surface area contributed by atoms with E-state index in [2.05, 4.69) is 44.6 Å². The highest BCUT2D eigenvalue weighted by atomic mass is 32.1. The van der Waals surface area contributed by atoms with Crippen molar-refractivity contribution in [2.75, 3.05) is 6.54 Å². The largest absolute Gasteiger partial charge is 0.304 e. The van der Waals surface area contributed by atoms with E-state index in [9.17, 15) is 0 Å². The van der Waals surface area contributed by atoms with Crippen LogP contribution in [0, 0.1) is 6.92 Å². The van der Waals surface area contributed by atoms with Crippen molar-refractivity contribution in [2.45, 2.75) is 52.5 Å². The van der Waals surface area contributed by atoms with Crippen LogP contribution in [0.25, 0.3) is 0 Å². The van der Waals surface area contributed by atoms with Crippen LogP contribution in [0.2, 0.25) is 0 Å². The lowest BCUT2D eigenvalue weighted by atomic mass is 9.87. The summed E-state index contributed by atoms with van der Waals surface area (Å²) in [7, 11) is 1.99. The van der Waals surface area contributed by atoms with Crippen molar-refractivity contribution in [3.05, 3.63) is 33.5 Å². The summed E-state index contributed by atoms with van der Waals surface area (Å²) in [5.74, 6) is 0. The van der Waals surface area contributed by atoms with Gasteiger partial charge in [0, 0.05) is 35.3 Å². The van der Waals surface area contributed by atoms with Crippen molar-refractivity contribution in [2.24, 2.45) is 7.05 Å². The number of hydrogen-bond acceptors (Lipinski definition) is 4. The number of thiazole rings is 1. The van der Waals surface area contributed by atoms with E-state index in [0.717, 1.165) is 29.4 Å². The van der Waals surface area contributed by atoms with E-state index in [1.165, 1.54) is 5.56 Å². The highest BCUT2D eigenvalue weighted by Gasteiger charge is 2.28. The lowest BCUT2D eigenvalue weighted by Crippen LogP contribution is -2.26. The molecule has 0 amide bonds. The molecule has 1 atom stereocenters.